The number of aromatic nitrogens is 1. The fraction of sp³-hybridized carbons (Fsp3) is 0.286. The van der Waals surface area contributed by atoms with Gasteiger partial charge in [0.25, 0.3) is 0 Å². The molecular formula is C7H8ClN3O2. The Labute approximate surface area is 80.1 Å². The van der Waals surface area contributed by atoms with Crippen molar-refractivity contribution in [2.24, 2.45) is 0 Å². The van der Waals surface area contributed by atoms with Crippen molar-refractivity contribution in [3.8, 4) is 0 Å². The van der Waals surface area contributed by atoms with E-state index in [4.69, 9.17) is 11.6 Å². The molecule has 0 aliphatic rings. The Hall–Kier alpha value is -1.36. The van der Waals surface area contributed by atoms with Gasteiger partial charge in [0, 0.05) is 26.4 Å². The zero-order valence-electron chi connectivity index (χ0n) is 7.19. The van der Waals surface area contributed by atoms with E-state index < -0.39 is 4.92 Å². The number of pyridine rings is 1. The van der Waals surface area contributed by atoms with Crippen LogP contribution in [-0.2, 0) is 0 Å². The minimum Gasteiger partial charge on any atom is -0.357 e. The lowest BCUT2D eigenvalue weighted by Gasteiger charge is -2.10. The van der Waals surface area contributed by atoms with Crippen LogP contribution in [0.5, 0.6) is 0 Å². The third kappa shape index (κ3) is 2.06. The van der Waals surface area contributed by atoms with E-state index in [2.05, 4.69) is 4.98 Å². The van der Waals surface area contributed by atoms with Crippen LogP contribution < -0.4 is 4.90 Å². The summed E-state index contributed by atoms with van der Waals surface area (Å²) in [5, 5.41) is 10.8. The van der Waals surface area contributed by atoms with Crippen LogP contribution >= 0.6 is 11.6 Å². The molecule has 0 aromatic carbocycles. The number of rotatable bonds is 2. The van der Waals surface area contributed by atoms with E-state index in [0.29, 0.717) is 5.82 Å². The Morgan fingerprint density at radius 3 is 2.69 bits per heavy atom. The molecule has 0 spiro atoms. The topological polar surface area (TPSA) is 59.3 Å². The molecule has 13 heavy (non-hydrogen) atoms. The molecule has 0 unspecified atom stereocenters. The van der Waals surface area contributed by atoms with Gasteiger partial charge in [-0.1, -0.05) is 11.6 Å². The second-order valence-electron chi connectivity index (χ2n) is 2.65. The van der Waals surface area contributed by atoms with Gasteiger partial charge < -0.3 is 4.90 Å². The first-order valence-corrected chi connectivity index (χ1v) is 3.87. The maximum absolute atomic E-state index is 10.6. The lowest BCUT2D eigenvalue weighted by atomic mass is 10.4. The molecule has 1 aromatic heterocycles. The van der Waals surface area contributed by atoms with Crippen molar-refractivity contribution >= 4 is 23.1 Å². The Bertz CT molecular complexity index is 341. The summed E-state index contributed by atoms with van der Waals surface area (Å²) in [6.45, 7) is 0. The Balaban J connectivity index is 3.27. The first-order valence-electron chi connectivity index (χ1n) is 3.49. The van der Waals surface area contributed by atoms with Crippen molar-refractivity contribution in [2.45, 2.75) is 0 Å². The van der Waals surface area contributed by atoms with Gasteiger partial charge in [0.15, 0.2) is 0 Å². The Morgan fingerprint density at radius 2 is 2.23 bits per heavy atom. The molecule has 0 aliphatic carbocycles. The number of nitrogens with zero attached hydrogens (tertiary/aromatic N) is 3. The fourth-order valence-corrected chi connectivity index (χ4v) is 1.05. The van der Waals surface area contributed by atoms with Crippen molar-refractivity contribution in [1.82, 2.24) is 4.98 Å². The maximum Gasteiger partial charge on any atom is 0.313 e. The summed E-state index contributed by atoms with van der Waals surface area (Å²) in [7, 11) is 3.37. The average Bonchev–Trinajstić information content (AvgIpc) is 2.03. The van der Waals surface area contributed by atoms with Crippen LogP contribution in [0.25, 0.3) is 0 Å². The summed E-state index contributed by atoms with van der Waals surface area (Å²) in [6.07, 6.45) is 1.38. The number of anilines is 1. The van der Waals surface area contributed by atoms with Crippen molar-refractivity contribution in [1.29, 1.82) is 0 Å². The molecule has 0 fully saturated rings. The van der Waals surface area contributed by atoms with Gasteiger partial charge in [-0.15, -0.1) is 0 Å². The zero-order valence-corrected chi connectivity index (χ0v) is 7.95. The molecule has 1 rings (SSSR count). The molecule has 0 N–H and O–H groups in total. The van der Waals surface area contributed by atoms with Crippen LogP contribution in [0.4, 0.5) is 11.5 Å². The highest BCUT2D eigenvalue weighted by Gasteiger charge is 2.16. The van der Waals surface area contributed by atoms with Gasteiger partial charge in [0.1, 0.15) is 0 Å². The predicted molar refractivity (Wildman–Crippen MR) is 50.2 cm³/mol. The smallest absolute Gasteiger partial charge is 0.313 e. The molecule has 0 saturated heterocycles. The summed E-state index contributed by atoms with van der Waals surface area (Å²) in [6, 6.07) is 1.28. The minimum absolute atomic E-state index is 0.0856. The third-order valence-electron chi connectivity index (χ3n) is 1.43. The van der Waals surface area contributed by atoms with E-state index in [-0.39, 0.29) is 10.7 Å². The van der Waals surface area contributed by atoms with Gasteiger partial charge in [-0.3, -0.25) is 10.1 Å². The van der Waals surface area contributed by atoms with Gasteiger partial charge in [0.2, 0.25) is 5.82 Å². The first-order chi connectivity index (χ1) is 6.02. The second kappa shape index (κ2) is 3.57. The number of hydrogen-bond donors (Lipinski definition) is 0. The molecule has 70 valence electrons. The quantitative estimate of drug-likeness (QED) is 0.540. The van der Waals surface area contributed by atoms with Gasteiger partial charge in [-0.25, -0.2) is 4.98 Å². The van der Waals surface area contributed by atoms with E-state index in [1.807, 2.05) is 0 Å². The van der Waals surface area contributed by atoms with Crippen molar-refractivity contribution in [3.05, 3.63) is 27.4 Å². The molecule has 0 atom stereocenters. The second-order valence-corrected chi connectivity index (χ2v) is 3.08. The first kappa shape index (κ1) is 9.73. The molecule has 0 bridgehead atoms. The standard InChI is InChI=1S/C7H8ClN3O2/c1-10(2)7-6(11(12)13)3-5(8)4-9-7/h3-4H,1-2H3. The van der Waals surface area contributed by atoms with Crippen LogP contribution in [0, 0.1) is 10.1 Å². The van der Waals surface area contributed by atoms with E-state index in [1.54, 1.807) is 19.0 Å². The summed E-state index contributed by atoms with van der Waals surface area (Å²) in [5.41, 5.74) is -0.0856. The normalized spacial score (nSPS) is 9.77. The molecule has 1 aromatic rings. The molecule has 0 aliphatic heterocycles. The monoisotopic (exact) mass is 201 g/mol. The van der Waals surface area contributed by atoms with E-state index in [1.165, 1.54) is 12.3 Å². The van der Waals surface area contributed by atoms with Crippen LogP contribution in [0.15, 0.2) is 12.3 Å². The number of nitro groups is 1. The largest absolute Gasteiger partial charge is 0.357 e. The summed E-state index contributed by atoms with van der Waals surface area (Å²) in [5.74, 6) is 0.300. The highest BCUT2D eigenvalue weighted by atomic mass is 35.5. The maximum atomic E-state index is 10.6. The van der Waals surface area contributed by atoms with Crippen molar-refractivity contribution < 1.29 is 4.92 Å². The molecular weight excluding hydrogens is 194 g/mol. The fourth-order valence-electron chi connectivity index (χ4n) is 0.900. The average molecular weight is 202 g/mol. The number of halogens is 1. The predicted octanol–water partition coefficient (Wildman–Crippen LogP) is 1.71. The van der Waals surface area contributed by atoms with Gasteiger partial charge in [0.05, 0.1) is 9.95 Å². The molecule has 1 heterocycles. The number of hydrogen-bond acceptors (Lipinski definition) is 4. The van der Waals surface area contributed by atoms with E-state index >= 15 is 0 Å². The molecule has 0 amide bonds. The Morgan fingerprint density at radius 1 is 1.62 bits per heavy atom. The van der Waals surface area contributed by atoms with E-state index in [9.17, 15) is 10.1 Å². The van der Waals surface area contributed by atoms with Gasteiger partial charge >= 0.3 is 5.69 Å². The van der Waals surface area contributed by atoms with Crippen LogP contribution in [0.3, 0.4) is 0 Å². The highest BCUT2D eigenvalue weighted by Crippen LogP contribution is 2.26. The Kier molecular flexibility index (Phi) is 2.67. The lowest BCUT2D eigenvalue weighted by Crippen LogP contribution is -2.12. The van der Waals surface area contributed by atoms with Crippen molar-refractivity contribution in [3.63, 3.8) is 0 Å². The zero-order chi connectivity index (χ0) is 10.0. The summed E-state index contributed by atoms with van der Waals surface area (Å²) in [4.78, 5) is 15.5. The van der Waals surface area contributed by atoms with Crippen LogP contribution in [-0.4, -0.2) is 24.0 Å². The third-order valence-corrected chi connectivity index (χ3v) is 1.64. The van der Waals surface area contributed by atoms with Crippen LogP contribution in [0.2, 0.25) is 5.02 Å². The summed E-state index contributed by atoms with van der Waals surface area (Å²) < 4.78 is 0. The van der Waals surface area contributed by atoms with Crippen LogP contribution in [0.1, 0.15) is 0 Å². The molecule has 6 heteroatoms. The SMILES string of the molecule is CN(C)c1ncc(Cl)cc1[N+](=O)[O-]. The molecule has 5 nitrogen and oxygen atoms in total. The lowest BCUT2D eigenvalue weighted by molar-refractivity contribution is -0.384. The highest BCUT2D eigenvalue weighted by molar-refractivity contribution is 6.30. The van der Waals surface area contributed by atoms with Crippen molar-refractivity contribution in [2.75, 3.05) is 19.0 Å². The van der Waals surface area contributed by atoms with Gasteiger partial charge in [-0.05, 0) is 0 Å². The molecule has 0 radical (unpaired) electrons. The van der Waals surface area contributed by atoms with E-state index in [0.717, 1.165) is 0 Å². The summed E-state index contributed by atoms with van der Waals surface area (Å²) >= 11 is 5.58. The molecule has 0 saturated carbocycles. The minimum atomic E-state index is -0.506. The van der Waals surface area contributed by atoms with Gasteiger partial charge in [-0.2, -0.15) is 0 Å².